The van der Waals surface area contributed by atoms with E-state index >= 15 is 0 Å². The Morgan fingerprint density at radius 3 is 2.73 bits per heavy atom. The van der Waals surface area contributed by atoms with Gasteiger partial charge in [-0.15, -0.1) is 0 Å². The summed E-state index contributed by atoms with van der Waals surface area (Å²) < 4.78 is 27.3. The maximum absolute atomic E-state index is 13.7. The zero-order valence-corrected chi connectivity index (χ0v) is 13.2. The van der Waals surface area contributed by atoms with Gasteiger partial charge in [0.1, 0.15) is 17.2 Å². The molecular formula is C15H13BrF2N2O2. The molecule has 0 saturated carbocycles. The molecule has 116 valence electrons. The highest BCUT2D eigenvalue weighted by molar-refractivity contribution is 9.10. The molecular weight excluding hydrogens is 358 g/mol. The Morgan fingerprint density at radius 1 is 1.36 bits per heavy atom. The molecule has 1 aromatic heterocycles. The number of aromatic nitrogens is 1. The van der Waals surface area contributed by atoms with E-state index in [-0.39, 0.29) is 12.1 Å². The molecule has 2 rings (SSSR count). The first kappa shape index (κ1) is 16.5. The first-order chi connectivity index (χ1) is 10.3. The lowest BCUT2D eigenvalue weighted by atomic mass is 9.95. The molecule has 0 spiro atoms. The zero-order valence-electron chi connectivity index (χ0n) is 11.6. The molecule has 0 saturated heterocycles. The average Bonchev–Trinajstić information content (AvgIpc) is 2.44. The lowest BCUT2D eigenvalue weighted by Gasteiger charge is -2.24. The second-order valence-corrected chi connectivity index (χ2v) is 5.89. The molecule has 1 atom stereocenters. The molecule has 0 aliphatic carbocycles. The van der Waals surface area contributed by atoms with Crippen LogP contribution in [-0.2, 0) is 5.60 Å². The number of hydrogen-bond acceptors (Lipinski definition) is 3. The highest BCUT2D eigenvalue weighted by Crippen LogP contribution is 2.23. The van der Waals surface area contributed by atoms with Crippen molar-refractivity contribution in [2.75, 3.05) is 6.54 Å². The van der Waals surface area contributed by atoms with Crippen LogP contribution in [0.15, 0.2) is 41.1 Å². The summed E-state index contributed by atoms with van der Waals surface area (Å²) in [4.78, 5) is 15.8. The molecule has 0 aliphatic rings. The number of amides is 1. The van der Waals surface area contributed by atoms with Gasteiger partial charge in [0.25, 0.3) is 5.91 Å². The number of halogens is 3. The van der Waals surface area contributed by atoms with Crippen LogP contribution in [0, 0.1) is 11.6 Å². The Hall–Kier alpha value is -1.86. The summed E-state index contributed by atoms with van der Waals surface area (Å²) in [6, 6.07) is 4.45. The quantitative estimate of drug-likeness (QED) is 0.869. The van der Waals surface area contributed by atoms with Gasteiger partial charge in [-0.1, -0.05) is 6.07 Å². The van der Waals surface area contributed by atoms with E-state index in [0.717, 1.165) is 12.1 Å². The number of hydrogen-bond donors (Lipinski definition) is 2. The highest BCUT2D eigenvalue weighted by Gasteiger charge is 2.27. The topological polar surface area (TPSA) is 62.2 Å². The average molecular weight is 371 g/mol. The molecule has 1 aromatic carbocycles. The van der Waals surface area contributed by atoms with Gasteiger partial charge in [-0.3, -0.25) is 9.78 Å². The third kappa shape index (κ3) is 3.86. The lowest BCUT2D eigenvalue weighted by molar-refractivity contribution is 0.0494. The first-order valence-electron chi connectivity index (χ1n) is 6.36. The van der Waals surface area contributed by atoms with Gasteiger partial charge >= 0.3 is 0 Å². The van der Waals surface area contributed by atoms with Crippen molar-refractivity contribution in [3.63, 3.8) is 0 Å². The molecule has 2 N–H and O–H groups in total. The second-order valence-electron chi connectivity index (χ2n) is 4.97. The molecule has 0 bridgehead atoms. The molecule has 1 amide bonds. The van der Waals surface area contributed by atoms with E-state index in [1.54, 1.807) is 6.07 Å². The SMILES string of the molecule is CC(O)(CNC(=O)c1cncc(Br)c1)c1ccc(F)cc1F. The smallest absolute Gasteiger partial charge is 0.252 e. The second kappa shape index (κ2) is 6.50. The summed E-state index contributed by atoms with van der Waals surface area (Å²) >= 11 is 3.20. The molecule has 1 unspecified atom stereocenters. The van der Waals surface area contributed by atoms with Crippen LogP contribution in [0.3, 0.4) is 0 Å². The molecule has 4 nitrogen and oxygen atoms in total. The standard InChI is InChI=1S/C15H13BrF2N2O2/c1-15(22,12-3-2-11(17)5-13(12)18)8-20-14(21)9-4-10(16)7-19-6-9/h2-7,22H,8H2,1H3,(H,20,21). The fourth-order valence-corrected chi connectivity index (χ4v) is 2.28. The van der Waals surface area contributed by atoms with Gasteiger partial charge in [0.15, 0.2) is 0 Å². The van der Waals surface area contributed by atoms with Gasteiger partial charge in [-0.25, -0.2) is 8.78 Å². The third-order valence-electron chi connectivity index (χ3n) is 3.07. The molecule has 2 aromatic rings. The number of aliphatic hydroxyl groups is 1. The van der Waals surface area contributed by atoms with Crippen LogP contribution in [-0.4, -0.2) is 22.5 Å². The largest absolute Gasteiger partial charge is 0.383 e. The summed E-state index contributed by atoms with van der Waals surface area (Å²) in [5, 5.41) is 12.8. The molecule has 7 heteroatoms. The van der Waals surface area contributed by atoms with Gasteiger partial charge in [-0.2, -0.15) is 0 Å². The number of pyridine rings is 1. The minimum Gasteiger partial charge on any atom is -0.383 e. The predicted molar refractivity (Wildman–Crippen MR) is 80.2 cm³/mol. The monoisotopic (exact) mass is 370 g/mol. The van der Waals surface area contributed by atoms with E-state index in [1.807, 2.05) is 0 Å². The highest BCUT2D eigenvalue weighted by atomic mass is 79.9. The minimum absolute atomic E-state index is 0.0958. The Morgan fingerprint density at radius 2 is 2.09 bits per heavy atom. The van der Waals surface area contributed by atoms with Gasteiger partial charge in [0, 0.05) is 28.5 Å². The van der Waals surface area contributed by atoms with Crippen LogP contribution < -0.4 is 5.32 Å². The number of benzene rings is 1. The van der Waals surface area contributed by atoms with E-state index in [2.05, 4.69) is 26.2 Å². The minimum atomic E-state index is -1.67. The van der Waals surface area contributed by atoms with E-state index in [1.165, 1.54) is 19.3 Å². The van der Waals surface area contributed by atoms with E-state index in [9.17, 15) is 18.7 Å². The maximum Gasteiger partial charge on any atom is 0.252 e. The van der Waals surface area contributed by atoms with Crippen molar-refractivity contribution in [1.82, 2.24) is 10.3 Å². The fraction of sp³-hybridized carbons (Fsp3) is 0.200. The number of carbonyl (C=O) groups excluding carboxylic acids is 1. The van der Waals surface area contributed by atoms with Crippen LogP contribution >= 0.6 is 15.9 Å². The van der Waals surface area contributed by atoms with Crippen molar-refractivity contribution >= 4 is 21.8 Å². The summed E-state index contributed by atoms with van der Waals surface area (Å²) in [5.74, 6) is -2.07. The van der Waals surface area contributed by atoms with Crippen molar-refractivity contribution in [1.29, 1.82) is 0 Å². The van der Waals surface area contributed by atoms with Crippen molar-refractivity contribution < 1.29 is 18.7 Å². The van der Waals surface area contributed by atoms with Crippen LogP contribution in [0.5, 0.6) is 0 Å². The van der Waals surface area contributed by atoms with E-state index in [4.69, 9.17) is 0 Å². The van der Waals surface area contributed by atoms with E-state index in [0.29, 0.717) is 16.1 Å². The molecule has 0 aliphatic heterocycles. The fourth-order valence-electron chi connectivity index (χ4n) is 1.91. The van der Waals surface area contributed by atoms with Gasteiger partial charge in [0.2, 0.25) is 0 Å². The van der Waals surface area contributed by atoms with Gasteiger partial charge in [-0.05, 0) is 35.0 Å². The Balaban J connectivity index is 2.10. The zero-order chi connectivity index (χ0) is 16.3. The van der Waals surface area contributed by atoms with Crippen LogP contribution in [0.2, 0.25) is 0 Å². The van der Waals surface area contributed by atoms with Gasteiger partial charge < -0.3 is 10.4 Å². The Bertz CT molecular complexity index is 708. The van der Waals surface area contributed by atoms with Crippen molar-refractivity contribution in [3.8, 4) is 0 Å². The summed E-state index contributed by atoms with van der Waals surface area (Å²) in [7, 11) is 0. The number of carbonyl (C=O) groups is 1. The molecule has 1 heterocycles. The van der Waals surface area contributed by atoms with Gasteiger partial charge in [0.05, 0.1) is 12.1 Å². The number of nitrogens with one attached hydrogen (secondary N) is 1. The number of rotatable bonds is 4. The summed E-state index contributed by atoms with van der Waals surface area (Å²) in [6.07, 6.45) is 2.90. The Kier molecular flexibility index (Phi) is 4.87. The van der Waals surface area contributed by atoms with E-state index < -0.39 is 23.1 Å². The van der Waals surface area contributed by atoms with Crippen molar-refractivity contribution in [2.24, 2.45) is 0 Å². The van der Waals surface area contributed by atoms with Crippen LogP contribution in [0.25, 0.3) is 0 Å². The Labute approximate surface area is 134 Å². The number of nitrogens with zero attached hydrogens (tertiary/aromatic N) is 1. The normalized spacial score (nSPS) is 13.5. The molecule has 0 fully saturated rings. The lowest BCUT2D eigenvalue weighted by Crippen LogP contribution is -2.39. The van der Waals surface area contributed by atoms with Crippen molar-refractivity contribution in [3.05, 3.63) is 63.9 Å². The molecule has 22 heavy (non-hydrogen) atoms. The van der Waals surface area contributed by atoms with Crippen molar-refractivity contribution in [2.45, 2.75) is 12.5 Å². The summed E-state index contributed by atoms with van der Waals surface area (Å²) in [5.41, 5.74) is -1.47. The van der Waals surface area contributed by atoms with Crippen LogP contribution in [0.1, 0.15) is 22.8 Å². The predicted octanol–water partition coefficient (Wildman–Crippen LogP) is 2.76. The maximum atomic E-state index is 13.7. The molecule has 0 radical (unpaired) electrons. The summed E-state index contributed by atoms with van der Waals surface area (Å²) in [6.45, 7) is 1.10. The third-order valence-corrected chi connectivity index (χ3v) is 3.51. The first-order valence-corrected chi connectivity index (χ1v) is 7.15. The van der Waals surface area contributed by atoms with Crippen LogP contribution in [0.4, 0.5) is 8.78 Å².